The number of nitrogens with zero attached hydrogens (tertiary/aromatic N) is 1. The van der Waals surface area contributed by atoms with Crippen molar-refractivity contribution >= 4 is 5.91 Å². The van der Waals surface area contributed by atoms with Crippen molar-refractivity contribution in [3.8, 4) is 0 Å². The SMILES string of the molecule is Cc1cc(C(C)NC(=O)C2CCCCC2)c(C)cn1. The molecule has 3 nitrogen and oxygen atoms in total. The molecule has 1 unspecified atom stereocenters. The van der Waals surface area contributed by atoms with Crippen LogP contribution in [0.5, 0.6) is 0 Å². The summed E-state index contributed by atoms with van der Waals surface area (Å²) in [7, 11) is 0. The monoisotopic (exact) mass is 260 g/mol. The molecule has 0 spiro atoms. The summed E-state index contributed by atoms with van der Waals surface area (Å²) in [5.41, 5.74) is 3.32. The van der Waals surface area contributed by atoms with Crippen molar-refractivity contribution in [3.05, 3.63) is 29.1 Å². The maximum atomic E-state index is 12.3. The molecule has 19 heavy (non-hydrogen) atoms. The predicted molar refractivity (Wildman–Crippen MR) is 76.8 cm³/mol. The van der Waals surface area contributed by atoms with Gasteiger partial charge in [0.1, 0.15) is 0 Å². The van der Waals surface area contributed by atoms with Gasteiger partial charge >= 0.3 is 0 Å². The van der Waals surface area contributed by atoms with Gasteiger partial charge in [0.15, 0.2) is 0 Å². The zero-order chi connectivity index (χ0) is 13.8. The van der Waals surface area contributed by atoms with Crippen LogP contribution in [0.25, 0.3) is 0 Å². The zero-order valence-electron chi connectivity index (χ0n) is 12.2. The minimum Gasteiger partial charge on any atom is -0.349 e. The van der Waals surface area contributed by atoms with Gasteiger partial charge in [-0.25, -0.2) is 0 Å². The lowest BCUT2D eigenvalue weighted by Crippen LogP contribution is -2.34. The number of hydrogen-bond donors (Lipinski definition) is 1. The quantitative estimate of drug-likeness (QED) is 0.904. The molecule has 104 valence electrons. The van der Waals surface area contributed by atoms with E-state index >= 15 is 0 Å². The molecule has 0 aromatic carbocycles. The van der Waals surface area contributed by atoms with Gasteiger partial charge in [-0.3, -0.25) is 9.78 Å². The first-order chi connectivity index (χ1) is 9.08. The van der Waals surface area contributed by atoms with Crippen molar-refractivity contribution < 1.29 is 4.79 Å². The standard InChI is InChI=1S/C16H24N2O/c1-11-10-17-12(2)9-15(11)13(3)18-16(19)14-7-5-4-6-8-14/h9-10,13-14H,4-8H2,1-3H3,(H,18,19). The molecular formula is C16H24N2O. The molecule has 2 rings (SSSR count). The average Bonchev–Trinajstić information content (AvgIpc) is 2.42. The smallest absolute Gasteiger partial charge is 0.223 e. The van der Waals surface area contributed by atoms with Gasteiger partial charge in [-0.15, -0.1) is 0 Å². The Morgan fingerprint density at radius 1 is 1.32 bits per heavy atom. The van der Waals surface area contributed by atoms with Crippen molar-refractivity contribution in [3.63, 3.8) is 0 Å². The summed E-state index contributed by atoms with van der Waals surface area (Å²) < 4.78 is 0. The molecule has 1 atom stereocenters. The lowest BCUT2D eigenvalue weighted by atomic mass is 9.88. The number of rotatable bonds is 3. The van der Waals surface area contributed by atoms with E-state index < -0.39 is 0 Å². The highest BCUT2D eigenvalue weighted by molar-refractivity contribution is 5.79. The van der Waals surface area contributed by atoms with Crippen LogP contribution in [-0.4, -0.2) is 10.9 Å². The lowest BCUT2D eigenvalue weighted by molar-refractivity contribution is -0.126. The molecule has 1 heterocycles. The molecule has 1 amide bonds. The molecule has 1 fully saturated rings. The van der Waals surface area contributed by atoms with E-state index in [-0.39, 0.29) is 17.9 Å². The third kappa shape index (κ3) is 3.55. The maximum Gasteiger partial charge on any atom is 0.223 e. The van der Waals surface area contributed by atoms with Crippen molar-refractivity contribution in [2.45, 2.75) is 58.9 Å². The average molecular weight is 260 g/mol. The summed E-state index contributed by atoms with van der Waals surface area (Å²) in [5.74, 6) is 0.445. The molecule has 0 bridgehead atoms. The second-order valence-electron chi connectivity index (χ2n) is 5.75. The highest BCUT2D eigenvalue weighted by Crippen LogP contribution is 2.25. The number of amides is 1. The summed E-state index contributed by atoms with van der Waals surface area (Å²) in [4.78, 5) is 16.5. The minimum absolute atomic E-state index is 0.0659. The molecule has 1 aromatic rings. The Labute approximate surface area is 115 Å². The maximum absolute atomic E-state index is 12.3. The summed E-state index contributed by atoms with van der Waals surface area (Å²) in [6.45, 7) is 6.09. The summed E-state index contributed by atoms with van der Waals surface area (Å²) in [6.07, 6.45) is 7.65. The first kappa shape index (κ1) is 14.0. The molecular weight excluding hydrogens is 236 g/mol. The molecule has 0 aliphatic heterocycles. The molecule has 1 aliphatic rings. The van der Waals surface area contributed by atoms with E-state index in [2.05, 4.69) is 23.3 Å². The van der Waals surface area contributed by atoms with E-state index in [1.54, 1.807) is 0 Å². The van der Waals surface area contributed by atoms with Crippen LogP contribution in [0.15, 0.2) is 12.3 Å². The van der Waals surface area contributed by atoms with Crippen LogP contribution in [0, 0.1) is 19.8 Å². The van der Waals surface area contributed by atoms with Gasteiger partial charge in [-0.1, -0.05) is 19.3 Å². The number of nitrogens with one attached hydrogen (secondary N) is 1. The molecule has 1 N–H and O–H groups in total. The minimum atomic E-state index is 0.0659. The fourth-order valence-electron chi connectivity index (χ4n) is 2.89. The Morgan fingerprint density at radius 2 is 2.00 bits per heavy atom. The van der Waals surface area contributed by atoms with Gasteiger partial charge in [-0.05, 0) is 50.8 Å². The Hall–Kier alpha value is -1.38. The highest BCUT2D eigenvalue weighted by atomic mass is 16.1. The van der Waals surface area contributed by atoms with Crippen molar-refractivity contribution in [1.82, 2.24) is 10.3 Å². The van der Waals surface area contributed by atoms with E-state index in [4.69, 9.17) is 0 Å². The van der Waals surface area contributed by atoms with Gasteiger partial charge in [0.25, 0.3) is 0 Å². The molecule has 1 aliphatic carbocycles. The third-order valence-electron chi connectivity index (χ3n) is 4.08. The molecule has 1 aromatic heterocycles. The Morgan fingerprint density at radius 3 is 2.68 bits per heavy atom. The fraction of sp³-hybridized carbons (Fsp3) is 0.625. The van der Waals surface area contributed by atoms with E-state index in [0.29, 0.717) is 0 Å². The molecule has 0 saturated heterocycles. The topological polar surface area (TPSA) is 42.0 Å². The van der Waals surface area contributed by atoms with Crippen LogP contribution >= 0.6 is 0 Å². The summed E-state index contributed by atoms with van der Waals surface area (Å²) in [5, 5.41) is 3.17. The van der Waals surface area contributed by atoms with Gasteiger partial charge in [0.2, 0.25) is 5.91 Å². The number of aryl methyl sites for hydroxylation is 2. The first-order valence-corrected chi connectivity index (χ1v) is 7.31. The molecule has 3 heteroatoms. The normalized spacial score (nSPS) is 18.1. The number of carbonyl (C=O) groups excluding carboxylic acids is 1. The lowest BCUT2D eigenvalue weighted by Gasteiger charge is -2.24. The Balaban J connectivity index is 2.01. The number of pyridine rings is 1. The van der Waals surface area contributed by atoms with Gasteiger partial charge in [0.05, 0.1) is 6.04 Å². The fourth-order valence-corrected chi connectivity index (χ4v) is 2.89. The zero-order valence-corrected chi connectivity index (χ0v) is 12.2. The molecule has 0 radical (unpaired) electrons. The van der Waals surface area contributed by atoms with Gasteiger partial charge < -0.3 is 5.32 Å². The Kier molecular flexibility index (Phi) is 4.56. The van der Waals surface area contributed by atoms with E-state index in [9.17, 15) is 4.79 Å². The van der Waals surface area contributed by atoms with Gasteiger partial charge in [-0.2, -0.15) is 0 Å². The first-order valence-electron chi connectivity index (χ1n) is 7.31. The summed E-state index contributed by atoms with van der Waals surface area (Å²) >= 11 is 0. The van der Waals surface area contributed by atoms with E-state index in [1.807, 2.05) is 20.0 Å². The van der Waals surface area contributed by atoms with Crippen LogP contribution in [0.2, 0.25) is 0 Å². The van der Waals surface area contributed by atoms with Crippen molar-refractivity contribution in [2.24, 2.45) is 5.92 Å². The largest absolute Gasteiger partial charge is 0.349 e. The van der Waals surface area contributed by atoms with Gasteiger partial charge in [0, 0.05) is 17.8 Å². The van der Waals surface area contributed by atoms with Crippen LogP contribution in [-0.2, 0) is 4.79 Å². The molecule has 1 saturated carbocycles. The third-order valence-corrected chi connectivity index (χ3v) is 4.08. The number of carbonyl (C=O) groups is 1. The summed E-state index contributed by atoms with van der Waals surface area (Å²) in [6, 6.07) is 2.14. The highest BCUT2D eigenvalue weighted by Gasteiger charge is 2.22. The van der Waals surface area contributed by atoms with Crippen LogP contribution < -0.4 is 5.32 Å². The van der Waals surface area contributed by atoms with E-state index in [1.165, 1.54) is 24.8 Å². The number of aromatic nitrogens is 1. The second kappa shape index (κ2) is 6.18. The van der Waals surface area contributed by atoms with E-state index in [0.717, 1.165) is 24.1 Å². The van der Waals surface area contributed by atoms with Crippen molar-refractivity contribution in [2.75, 3.05) is 0 Å². The number of hydrogen-bond acceptors (Lipinski definition) is 2. The Bertz CT molecular complexity index is 450. The van der Waals surface area contributed by atoms with Crippen LogP contribution in [0.3, 0.4) is 0 Å². The van der Waals surface area contributed by atoms with Crippen LogP contribution in [0.4, 0.5) is 0 Å². The van der Waals surface area contributed by atoms with Crippen molar-refractivity contribution in [1.29, 1.82) is 0 Å². The predicted octanol–water partition coefficient (Wildman–Crippen LogP) is 3.46. The second-order valence-corrected chi connectivity index (χ2v) is 5.75. The van der Waals surface area contributed by atoms with Crippen LogP contribution in [0.1, 0.15) is 61.9 Å².